The van der Waals surface area contributed by atoms with Gasteiger partial charge in [0.25, 0.3) is 17.4 Å². The van der Waals surface area contributed by atoms with Crippen molar-refractivity contribution >= 4 is 29.2 Å². The summed E-state index contributed by atoms with van der Waals surface area (Å²) >= 11 is 0. The molecule has 0 aliphatic carbocycles. The van der Waals surface area contributed by atoms with Gasteiger partial charge >= 0.3 is 0 Å². The summed E-state index contributed by atoms with van der Waals surface area (Å²) in [5.74, 6) is -1.55. The fraction of sp³-hybridized carbons (Fsp3) is 0.182. The predicted molar refractivity (Wildman–Crippen MR) is 114 cm³/mol. The summed E-state index contributed by atoms with van der Waals surface area (Å²) in [5, 5.41) is 2.81. The molecule has 1 aliphatic rings. The lowest BCUT2D eigenvalue weighted by atomic mass is 10.1. The van der Waals surface area contributed by atoms with E-state index in [1.807, 2.05) is 0 Å². The Morgan fingerprint density at radius 2 is 1.84 bits per heavy atom. The molecule has 0 unspecified atom stereocenters. The van der Waals surface area contributed by atoms with Crippen LogP contribution in [0, 0.1) is 0 Å². The third-order valence-corrected chi connectivity index (χ3v) is 5.13. The fourth-order valence-corrected chi connectivity index (χ4v) is 3.52. The number of nitrogens with one attached hydrogen (secondary N) is 2. The summed E-state index contributed by atoms with van der Waals surface area (Å²) in [5.41, 5.74) is 0.852. The summed E-state index contributed by atoms with van der Waals surface area (Å²) in [6.45, 7) is 1.38. The first-order chi connectivity index (χ1) is 15.3. The van der Waals surface area contributed by atoms with Gasteiger partial charge in [-0.15, -0.1) is 0 Å². The van der Waals surface area contributed by atoms with E-state index in [0.29, 0.717) is 16.9 Å². The number of nitrogens with zero attached hydrogens (tertiary/aromatic N) is 3. The average molecular weight is 433 g/mol. The molecular weight excluding hydrogens is 414 g/mol. The van der Waals surface area contributed by atoms with Gasteiger partial charge in [-0.25, -0.2) is 9.88 Å². The second-order valence-corrected chi connectivity index (χ2v) is 7.31. The van der Waals surface area contributed by atoms with Gasteiger partial charge in [-0.2, -0.15) is 0 Å². The molecule has 1 aliphatic heterocycles. The van der Waals surface area contributed by atoms with Crippen LogP contribution in [0.2, 0.25) is 0 Å². The van der Waals surface area contributed by atoms with Crippen LogP contribution < -0.4 is 15.8 Å². The third-order valence-electron chi connectivity index (χ3n) is 5.13. The molecule has 4 rings (SSSR count). The van der Waals surface area contributed by atoms with E-state index in [-0.39, 0.29) is 24.3 Å². The maximum absolute atomic E-state index is 12.7. The Hall–Kier alpha value is -4.18. The Morgan fingerprint density at radius 3 is 2.41 bits per heavy atom. The zero-order chi connectivity index (χ0) is 22.8. The number of hydrogen-bond acceptors (Lipinski definition) is 7. The number of rotatable bonds is 4. The molecule has 1 atom stereocenters. The van der Waals surface area contributed by atoms with Crippen molar-refractivity contribution < 1.29 is 19.2 Å². The van der Waals surface area contributed by atoms with E-state index in [9.17, 15) is 24.0 Å². The number of imidazole rings is 1. The minimum Gasteiger partial charge on any atom is -0.321 e. The Morgan fingerprint density at radius 1 is 1.09 bits per heavy atom. The van der Waals surface area contributed by atoms with E-state index in [4.69, 9.17) is 0 Å². The lowest BCUT2D eigenvalue weighted by Gasteiger charge is -2.22. The van der Waals surface area contributed by atoms with E-state index >= 15 is 0 Å². The maximum Gasteiger partial charge on any atom is 0.268 e. The quantitative estimate of drug-likeness (QED) is 0.620. The molecule has 3 aromatic rings. The van der Waals surface area contributed by atoms with Crippen LogP contribution in [-0.2, 0) is 14.4 Å². The molecule has 32 heavy (non-hydrogen) atoms. The summed E-state index contributed by atoms with van der Waals surface area (Å²) in [6.07, 6.45) is 4.25. The minimum atomic E-state index is -0.733. The maximum atomic E-state index is 12.7. The number of Topliss-reactive ketones (excluding diaryl/α,β-unsaturated/α-hetero) is 1. The van der Waals surface area contributed by atoms with Gasteiger partial charge in [-0.3, -0.25) is 33.9 Å². The Bertz CT molecular complexity index is 1260. The van der Waals surface area contributed by atoms with Crippen molar-refractivity contribution in [2.45, 2.75) is 19.4 Å². The van der Waals surface area contributed by atoms with Gasteiger partial charge in [0.2, 0.25) is 5.91 Å². The zero-order valence-electron chi connectivity index (χ0n) is 17.1. The van der Waals surface area contributed by atoms with Gasteiger partial charge in [0, 0.05) is 31.4 Å². The SMILES string of the molecule is CC(=O)N(C(=O)[C@@H]1CC(=O)CN1)c1ccc(-c2ccc(C(=O)n3ccnc3)c(=O)[nH]2)cc1. The highest BCUT2D eigenvalue weighted by Crippen LogP contribution is 2.23. The number of aromatic nitrogens is 3. The number of amides is 2. The van der Waals surface area contributed by atoms with Crippen LogP contribution in [0.4, 0.5) is 5.69 Å². The first-order valence-electron chi connectivity index (χ1n) is 9.81. The highest BCUT2D eigenvalue weighted by Gasteiger charge is 2.33. The van der Waals surface area contributed by atoms with Crippen molar-refractivity contribution in [1.82, 2.24) is 19.9 Å². The van der Waals surface area contributed by atoms with Crippen LogP contribution in [0.25, 0.3) is 11.3 Å². The number of carbonyl (C=O) groups excluding carboxylic acids is 4. The molecule has 1 aromatic carbocycles. The van der Waals surface area contributed by atoms with E-state index < -0.39 is 29.3 Å². The lowest BCUT2D eigenvalue weighted by Crippen LogP contribution is -2.46. The van der Waals surface area contributed by atoms with E-state index in [1.165, 1.54) is 36.3 Å². The fourth-order valence-electron chi connectivity index (χ4n) is 3.52. The van der Waals surface area contributed by atoms with E-state index in [1.54, 1.807) is 30.3 Å². The van der Waals surface area contributed by atoms with Crippen LogP contribution in [0.3, 0.4) is 0 Å². The Kier molecular flexibility index (Phi) is 5.61. The highest BCUT2D eigenvalue weighted by molar-refractivity contribution is 6.17. The van der Waals surface area contributed by atoms with Crippen molar-refractivity contribution in [3.63, 3.8) is 0 Å². The number of pyridine rings is 1. The van der Waals surface area contributed by atoms with Crippen molar-refractivity contribution in [2.75, 3.05) is 11.4 Å². The van der Waals surface area contributed by atoms with Gasteiger partial charge in [0.15, 0.2) is 0 Å². The number of ketones is 1. The number of H-pyrrole nitrogens is 1. The molecule has 0 saturated carbocycles. The first-order valence-corrected chi connectivity index (χ1v) is 9.81. The summed E-state index contributed by atoms with van der Waals surface area (Å²) in [7, 11) is 0. The first kappa shape index (κ1) is 21.1. The summed E-state index contributed by atoms with van der Waals surface area (Å²) in [6, 6.07) is 8.75. The summed E-state index contributed by atoms with van der Waals surface area (Å²) < 4.78 is 1.21. The van der Waals surface area contributed by atoms with Gasteiger partial charge < -0.3 is 4.98 Å². The topological polar surface area (TPSA) is 134 Å². The van der Waals surface area contributed by atoms with Crippen LogP contribution in [0.15, 0.2) is 59.9 Å². The normalized spacial score (nSPS) is 15.5. The molecule has 10 heteroatoms. The minimum absolute atomic E-state index is 0.0321. The highest BCUT2D eigenvalue weighted by atomic mass is 16.2. The van der Waals surface area contributed by atoms with Crippen LogP contribution in [-0.4, -0.2) is 50.6 Å². The molecule has 2 amide bonds. The van der Waals surface area contributed by atoms with E-state index in [0.717, 1.165) is 4.90 Å². The van der Waals surface area contributed by atoms with Crippen molar-refractivity contribution in [1.29, 1.82) is 0 Å². The van der Waals surface area contributed by atoms with Crippen LogP contribution >= 0.6 is 0 Å². The smallest absolute Gasteiger partial charge is 0.268 e. The average Bonchev–Trinajstić information content (AvgIpc) is 3.45. The van der Waals surface area contributed by atoms with Crippen molar-refractivity contribution in [3.05, 3.63) is 71.0 Å². The molecule has 0 bridgehead atoms. The summed E-state index contributed by atoms with van der Waals surface area (Å²) in [4.78, 5) is 68.6. The zero-order valence-corrected chi connectivity index (χ0v) is 17.1. The van der Waals surface area contributed by atoms with Crippen LogP contribution in [0.5, 0.6) is 0 Å². The number of imide groups is 1. The molecular formula is C22H19N5O5. The molecule has 3 heterocycles. The number of anilines is 1. The Labute approximate surface area is 181 Å². The monoisotopic (exact) mass is 433 g/mol. The molecule has 1 fully saturated rings. The predicted octanol–water partition coefficient (Wildman–Crippen LogP) is 0.737. The number of hydrogen-bond donors (Lipinski definition) is 2. The molecule has 0 radical (unpaired) electrons. The number of aromatic amines is 1. The molecule has 2 aromatic heterocycles. The standard InChI is InChI=1S/C22H19N5O5/c1-13(28)27(22(32)19-10-16(29)11-24-19)15-4-2-14(3-5-15)18-7-6-17(20(30)25-18)21(31)26-9-8-23-12-26/h2-9,12,19,24H,10-11H2,1H3,(H,25,30)/t19-/m0/s1. The van der Waals surface area contributed by atoms with Gasteiger partial charge in [-0.05, 0) is 29.8 Å². The van der Waals surface area contributed by atoms with Crippen LogP contribution in [0.1, 0.15) is 23.7 Å². The molecule has 162 valence electrons. The van der Waals surface area contributed by atoms with Gasteiger partial charge in [0.1, 0.15) is 17.7 Å². The molecule has 1 saturated heterocycles. The largest absolute Gasteiger partial charge is 0.321 e. The Balaban J connectivity index is 1.57. The number of carbonyl (C=O) groups is 4. The van der Waals surface area contributed by atoms with Crippen molar-refractivity contribution in [2.24, 2.45) is 0 Å². The molecule has 10 nitrogen and oxygen atoms in total. The number of benzene rings is 1. The second-order valence-electron chi connectivity index (χ2n) is 7.31. The lowest BCUT2D eigenvalue weighted by molar-refractivity contribution is -0.127. The molecule has 2 N–H and O–H groups in total. The van der Waals surface area contributed by atoms with Gasteiger partial charge in [0.05, 0.1) is 18.3 Å². The van der Waals surface area contributed by atoms with Crippen molar-refractivity contribution in [3.8, 4) is 11.3 Å². The van der Waals surface area contributed by atoms with E-state index in [2.05, 4.69) is 15.3 Å². The third kappa shape index (κ3) is 4.03. The van der Waals surface area contributed by atoms with Gasteiger partial charge in [-0.1, -0.05) is 12.1 Å². The molecule has 0 spiro atoms. The second kappa shape index (κ2) is 8.52.